The van der Waals surface area contributed by atoms with E-state index in [1.807, 2.05) is 30.3 Å². The summed E-state index contributed by atoms with van der Waals surface area (Å²) in [5, 5.41) is 8.66. The number of primary amides is 1. The summed E-state index contributed by atoms with van der Waals surface area (Å²) in [6, 6.07) is 16.2. The van der Waals surface area contributed by atoms with E-state index in [2.05, 4.69) is 15.2 Å². The number of halogens is 1. The standard InChI is InChI=1S/C22H18ClN5O2S/c1-28-13-26-27-22(28)31(30)12-16-6-5-15(21(24)29)11-17(16)14-7-8-19(23)18(10-14)20-4-2-3-9-25-20/h2-11,13H,12H2,1H3,(H2,24,29). The number of nitrogens with two attached hydrogens (primary N) is 1. The average molecular weight is 452 g/mol. The molecule has 0 aliphatic heterocycles. The van der Waals surface area contributed by atoms with Crippen molar-refractivity contribution < 1.29 is 9.00 Å². The second-order valence-electron chi connectivity index (χ2n) is 6.86. The maximum absolute atomic E-state index is 12.9. The van der Waals surface area contributed by atoms with Crippen LogP contribution in [0.5, 0.6) is 0 Å². The molecule has 7 nitrogen and oxygen atoms in total. The molecule has 4 rings (SSSR count). The second kappa shape index (κ2) is 8.79. The predicted molar refractivity (Wildman–Crippen MR) is 120 cm³/mol. The average Bonchev–Trinajstić information content (AvgIpc) is 3.21. The van der Waals surface area contributed by atoms with Crippen LogP contribution in [-0.2, 0) is 23.6 Å². The van der Waals surface area contributed by atoms with Crippen molar-refractivity contribution >= 4 is 28.3 Å². The van der Waals surface area contributed by atoms with Crippen molar-refractivity contribution in [2.45, 2.75) is 10.9 Å². The van der Waals surface area contributed by atoms with Crippen molar-refractivity contribution in [3.8, 4) is 22.4 Å². The van der Waals surface area contributed by atoms with Crippen molar-refractivity contribution in [1.82, 2.24) is 19.7 Å². The third-order valence-electron chi connectivity index (χ3n) is 4.77. The number of nitrogens with zero attached hydrogens (tertiary/aromatic N) is 4. The van der Waals surface area contributed by atoms with Crippen LogP contribution in [0.15, 0.2) is 72.3 Å². The summed E-state index contributed by atoms with van der Waals surface area (Å²) in [7, 11) is 0.312. The van der Waals surface area contributed by atoms with E-state index < -0.39 is 16.7 Å². The Morgan fingerprint density at radius 3 is 2.65 bits per heavy atom. The lowest BCUT2D eigenvalue weighted by atomic mass is 9.95. The molecule has 1 atom stereocenters. The van der Waals surface area contributed by atoms with Crippen LogP contribution in [0.1, 0.15) is 15.9 Å². The Kier molecular flexibility index (Phi) is 5.92. The minimum atomic E-state index is -1.43. The molecule has 31 heavy (non-hydrogen) atoms. The Bertz CT molecular complexity index is 1290. The number of benzene rings is 2. The molecule has 9 heteroatoms. The Morgan fingerprint density at radius 2 is 1.97 bits per heavy atom. The number of aromatic nitrogens is 4. The minimum Gasteiger partial charge on any atom is -0.366 e. The molecule has 0 spiro atoms. The lowest BCUT2D eigenvalue weighted by Crippen LogP contribution is -2.12. The van der Waals surface area contributed by atoms with Crippen LogP contribution < -0.4 is 5.73 Å². The molecule has 1 amide bonds. The molecule has 4 aromatic rings. The Morgan fingerprint density at radius 1 is 1.13 bits per heavy atom. The molecule has 2 heterocycles. The van der Waals surface area contributed by atoms with Gasteiger partial charge in [0, 0.05) is 29.4 Å². The first-order valence-corrected chi connectivity index (χ1v) is 11.0. The van der Waals surface area contributed by atoms with Gasteiger partial charge in [0.1, 0.15) is 6.33 Å². The van der Waals surface area contributed by atoms with Crippen LogP contribution in [0.3, 0.4) is 0 Å². The van der Waals surface area contributed by atoms with Gasteiger partial charge in [-0.2, -0.15) is 0 Å². The Balaban J connectivity index is 1.81. The quantitative estimate of drug-likeness (QED) is 0.482. The van der Waals surface area contributed by atoms with Gasteiger partial charge in [-0.3, -0.25) is 14.0 Å². The van der Waals surface area contributed by atoms with Crippen molar-refractivity contribution in [2.75, 3.05) is 0 Å². The third-order valence-corrected chi connectivity index (χ3v) is 6.45. The fourth-order valence-corrected chi connectivity index (χ4v) is 4.60. The summed E-state index contributed by atoms with van der Waals surface area (Å²) < 4.78 is 14.5. The van der Waals surface area contributed by atoms with Gasteiger partial charge in [0.2, 0.25) is 11.1 Å². The van der Waals surface area contributed by atoms with Gasteiger partial charge in [-0.25, -0.2) is 0 Å². The number of hydrogen-bond donors (Lipinski definition) is 1. The smallest absolute Gasteiger partial charge is 0.248 e. The lowest BCUT2D eigenvalue weighted by Gasteiger charge is -2.13. The van der Waals surface area contributed by atoms with E-state index >= 15 is 0 Å². The van der Waals surface area contributed by atoms with E-state index in [0.29, 0.717) is 15.7 Å². The van der Waals surface area contributed by atoms with Crippen LogP contribution >= 0.6 is 11.6 Å². The predicted octanol–water partition coefficient (Wildman–Crippen LogP) is 3.60. The molecule has 0 aliphatic rings. The van der Waals surface area contributed by atoms with Crippen LogP contribution in [0, 0.1) is 0 Å². The lowest BCUT2D eigenvalue weighted by molar-refractivity contribution is 0.100. The zero-order valence-corrected chi connectivity index (χ0v) is 18.1. The largest absolute Gasteiger partial charge is 0.366 e. The Labute approximate surface area is 186 Å². The number of amides is 1. The van der Waals surface area contributed by atoms with Gasteiger partial charge in [-0.1, -0.05) is 29.8 Å². The molecule has 156 valence electrons. The van der Waals surface area contributed by atoms with Crippen molar-refractivity contribution in [2.24, 2.45) is 12.8 Å². The van der Waals surface area contributed by atoms with Crippen LogP contribution in [0.25, 0.3) is 22.4 Å². The molecule has 0 radical (unpaired) electrons. The third kappa shape index (κ3) is 4.40. The Hall–Kier alpha value is -3.36. The summed E-state index contributed by atoms with van der Waals surface area (Å²) in [4.78, 5) is 16.2. The van der Waals surface area contributed by atoms with Gasteiger partial charge in [-0.05, 0) is 53.1 Å². The highest BCUT2D eigenvalue weighted by molar-refractivity contribution is 7.84. The first-order valence-electron chi connectivity index (χ1n) is 9.30. The molecular weight excluding hydrogens is 434 g/mol. The van der Waals surface area contributed by atoms with Gasteiger partial charge in [-0.15, -0.1) is 10.2 Å². The normalized spacial score (nSPS) is 11.9. The molecule has 2 aromatic carbocycles. The van der Waals surface area contributed by atoms with Gasteiger partial charge in [0.15, 0.2) is 0 Å². The molecule has 0 saturated heterocycles. The highest BCUT2D eigenvalue weighted by atomic mass is 35.5. The molecule has 0 bridgehead atoms. The van der Waals surface area contributed by atoms with Gasteiger partial charge in [0.25, 0.3) is 0 Å². The van der Waals surface area contributed by atoms with Gasteiger partial charge in [0.05, 0.1) is 22.2 Å². The fraction of sp³-hybridized carbons (Fsp3) is 0.0909. The van der Waals surface area contributed by atoms with E-state index in [1.54, 1.807) is 42.1 Å². The number of hydrogen-bond acceptors (Lipinski definition) is 5. The van der Waals surface area contributed by atoms with E-state index in [0.717, 1.165) is 27.9 Å². The van der Waals surface area contributed by atoms with E-state index in [4.69, 9.17) is 17.3 Å². The van der Waals surface area contributed by atoms with E-state index in [-0.39, 0.29) is 5.75 Å². The number of aryl methyl sites for hydroxylation is 1. The summed E-state index contributed by atoms with van der Waals surface area (Å²) >= 11 is 6.43. The van der Waals surface area contributed by atoms with E-state index in [9.17, 15) is 9.00 Å². The number of rotatable bonds is 6. The monoisotopic (exact) mass is 451 g/mol. The molecule has 0 saturated carbocycles. The molecule has 0 fully saturated rings. The maximum Gasteiger partial charge on any atom is 0.248 e. The highest BCUT2D eigenvalue weighted by Gasteiger charge is 2.17. The number of pyridine rings is 1. The summed E-state index contributed by atoms with van der Waals surface area (Å²) in [5.41, 5.74) is 9.66. The van der Waals surface area contributed by atoms with Crippen LogP contribution in [0.4, 0.5) is 0 Å². The summed E-state index contributed by atoms with van der Waals surface area (Å²) in [5.74, 6) is -0.344. The molecule has 2 N–H and O–H groups in total. The SMILES string of the molecule is Cn1cnnc1S(=O)Cc1ccc(C(N)=O)cc1-c1ccc(Cl)c(-c2ccccn2)c1. The summed E-state index contributed by atoms with van der Waals surface area (Å²) in [6.45, 7) is 0. The maximum atomic E-state index is 12.9. The highest BCUT2D eigenvalue weighted by Crippen LogP contribution is 2.34. The van der Waals surface area contributed by atoms with Crippen molar-refractivity contribution in [3.05, 3.63) is 83.3 Å². The van der Waals surface area contributed by atoms with Crippen LogP contribution in [0.2, 0.25) is 5.02 Å². The molecular formula is C22H18ClN5O2S. The van der Waals surface area contributed by atoms with Gasteiger partial charge >= 0.3 is 0 Å². The molecule has 0 aliphatic carbocycles. The topological polar surface area (TPSA) is 104 Å². The number of carbonyl (C=O) groups excluding carboxylic acids is 1. The zero-order valence-electron chi connectivity index (χ0n) is 16.5. The van der Waals surface area contributed by atoms with Crippen molar-refractivity contribution in [3.63, 3.8) is 0 Å². The first kappa shape index (κ1) is 20.9. The van der Waals surface area contributed by atoms with Crippen molar-refractivity contribution in [1.29, 1.82) is 0 Å². The molecule has 1 unspecified atom stereocenters. The van der Waals surface area contributed by atoms with Crippen LogP contribution in [-0.4, -0.2) is 29.9 Å². The zero-order chi connectivity index (χ0) is 22.0. The summed E-state index contributed by atoms with van der Waals surface area (Å²) in [6.07, 6.45) is 3.20. The second-order valence-corrected chi connectivity index (χ2v) is 8.61. The number of carbonyl (C=O) groups is 1. The van der Waals surface area contributed by atoms with Gasteiger partial charge < -0.3 is 10.3 Å². The first-order chi connectivity index (χ1) is 14.9. The molecule has 2 aromatic heterocycles. The fourth-order valence-electron chi connectivity index (χ4n) is 3.22. The minimum absolute atomic E-state index is 0.197. The van der Waals surface area contributed by atoms with E-state index in [1.165, 1.54) is 6.33 Å².